The van der Waals surface area contributed by atoms with E-state index in [1.165, 1.54) is 23.8 Å². The molecule has 0 aliphatic heterocycles. The monoisotopic (exact) mass is 245 g/mol. The lowest BCUT2D eigenvalue weighted by molar-refractivity contribution is 0.462. The molecule has 0 saturated heterocycles. The Balaban J connectivity index is 2.16. The Hall–Kier alpha value is -1.05. The van der Waals surface area contributed by atoms with E-state index in [-0.39, 0.29) is 5.54 Å². The van der Waals surface area contributed by atoms with E-state index in [0.717, 1.165) is 23.3 Å². The minimum absolute atomic E-state index is 0.132. The van der Waals surface area contributed by atoms with E-state index >= 15 is 0 Å². The van der Waals surface area contributed by atoms with Gasteiger partial charge in [-0.15, -0.1) is 0 Å². The van der Waals surface area contributed by atoms with Crippen molar-refractivity contribution in [2.45, 2.75) is 31.2 Å². The van der Waals surface area contributed by atoms with Crippen molar-refractivity contribution in [1.29, 1.82) is 0 Å². The summed E-state index contributed by atoms with van der Waals surface area (Å²) in [7, 11) is 0. The molecule has 0 atom stereocenters. The molecular weight excluding hydrogens is 230 g/mol. The highest BCUT2D eigenvalue weighted by Crippen LogP contribution is 2.38. The minimum atomic E-state index is -0.132. The third kappa shape index (κ3) is 1.84. The first-order chi connectivity index (χ1) is 8.19. The van der Waals surface area contributed by atoms with Crippen molar-refractivity contribution in [3.8, 4) is 0 Å². The molecule has 3 rings (SSSR count). The van der Waals surface area contributed by atoms with Gasteiger partial charge in [0.2, 0.25) is 0 Å². The highest BCUT2D eigenvalue weighted by atomic mass is 35.5. The molecule has 1 fully saturated rings. The normalized spacial score (nSPS) is 18.7. The molecule has 2 aromatic carbocycles. The SMILES string of the molecule is NC1(c2ccc3cccc(Cl)c3c2)CCCC1. The van der Waals surface area contributed by atoms with Gasteiger partial charge in [0.05, 0.1) is 0 Å². The number of rotatable bonds is 1. The van der Waals surface area contributed by atoms with Gasteiger partial charge in [-0.2, -0.15) is 0 Å². The van der Waals surface area contributed by atoms with E-state index in [4.69, 9.17) is 17.3 Å². The fourth-order valence-electron chi connectivity index (χ4n) is 2.84. The van der Waals surface area contributed by atoms with Gasteiger partial charge in [-0.3, -0.25) is 0 Å². The van der Waals surface area contributed by atoms with E-state index in [1.54, 1.807) is 0 Å². The molecule has 0 bridgehead atoms. The second-order valence-corrected chi connectivity index (χ2v) is 5.45. The molecule has 1 aliphatic rings. The predicted molar refractivity (Wildman–Crippen MR) is 73.3 cm³/mol. The Labute approximate surface area is 107 Å². The van der Waals surface area contributed by atoms with E-state index < -0.39 is 0 Å². The zero-order chi connectivity index (χ0) is 11.9. The summed E-state index contributed by atoms with van der Waals surface area (Å²) in [5, 5.41) is 3.11. The van der Waals surface area contributed by atoms with Crippen molar-refractivity contribution in [2.75, 3.05) is 0 Å². The number of hydrogen-bond donors (Lipinski definition) is 1. The van der Waals surface area contributed by atoms with Crippen molar-refractivity contribution in [1.82, 2.24) is 0 Å². The maximum Gasteiger partial charge on any atom is 0.0484 e. The second kappa shape index (κ2) is 4.01. The Kier molecular flexibility index (Phi) is 2.61. The fraction of sp³-hybridized carbons (Fsp3) is 0.333. The highest BCUT2D eigenvalue weighted by Gasteiger charge is 2.31. The van der Waals surface area contributed by atoms with Gasteiger partial charge in [0, 0.05) is 15.9 Å². The molecule has 0 aromatic heterocycles. The topological polar surface area (TPSA) is 26.0 Å². The number of nitrogens with two attached hydrogens (primary N) is 1. The summed E-state index contributed by atoms with van der Waals surface area (Å²) >= 11 is 6.24. The smallest absolute Gasteiger partial charge is 0.0484 e. The Morgan fingerprint density at radius 2 is 1.82 bits per heavy atom. The maximum absolute atomic E-state index is 6.48. The van der Waals surface area contributed by atoms with E-state index in [2.05, 4.69) is 24.3 Å². The summed E-state index contributed by atoms with van der Waals surface area (Å²) in [5.41, 5.74) is 7.58. The summed E-state index contributed by atoms with van der Waals surface area (Å²) < 4.78 is 0. The number of hydrogen-bond acceptors (Lipinski definition) is 1. The van der Waals surface area contributed by atoms with Crippen LogP contribution in [0.4, 0.5) is 0 Å². The number of halogens is 1. The van der Waals surface area contributed by atoms with Crippen molar-refractivity contribution >= 4 is 22.4 Å². The van der Waals surface area contributed by atoms with Crippen LogP contribution in [0, 0.1) is 0 Å². The van der Waals surface area contributed by atoms with Gasteiger partial charge < -0.3 is 5.73 Å². The maximum atomic E-state index is 6.48. The van der Waals surface area contributed by atoms with Crippen LogP contribution in [-0.2, 0) is 5.54 Å². The Morgan fingerprint density at radius 1 is 1.06 bits per heavy atom. The van der Waals surface area contributed by atoms with Gasteiger partial charge in [-0.25, -0.2) is 0 Å². The molecule has 1 nitrogen and oxygen atoms in total. The highest BCUT2D eigenvalue weighted by molar-refractivity contribution is 6.35. The van der Waals surface area contributed by atoms with Gasteiger partial charge in [0.25, 0.3) is 0 Å². The molecule has 17 heavy (non-hydrogen) atoms. The lowest BCUT2D eigenvalue weighted by Gasteiger charge is -2.24. The quantitative estimate of drug-likeness (QED) is 0.800. The lowest BCUT2D eigenvalue weighted by atomic mass is 9.88. The van der Waals surface area contributed by atoms with Crippen LogP contribution in [0.3, 0.4) is 0 Å². The molecule has 1 saturated carbocycles. The van der Waals surface area contributed by atoms with Gasteiger partial charge in [-0.1, -0.05) is 48.7 Å². The van der Waals surface area contributed by atoms with Crippen LogP contribution in [0.5, 0.6) is 0 Å². The number of fused-ring (bicyclic) bond motifs is 1. The Morgan fingerprint density at radius 3 is 2.59 bits per heavy atom. The van der Waals surface area contributed by atoms with Crippen molar-refractivity contribution in [3.05, 3.63) is 47.0 Å². The predicted octanol–water partition coefficient (Wildman–Crippen LogP) is 4.22. The molecule has 0 unspecified atom stereocenters. The van der Waals surface area contributed by atoms with Crippen molar-refractivity contribution < 1.29 is 0 Å². The lowest BCUT2D eigenvalue weighted by Crippen LogP contribution is -2.32. The molecule has 0 radical (unpaired) electrons. The first-order valence-electron chi connectivity index (χ1n) is 6.17. The van der Waals surface area contributed by atoms with E-state index in [1.807, 2.05) is 12.1 Å². The molecular formula is C15H16ClN. The van der Waals surface area contributed by atoms with Crippen LogP contribution in [0.25, 0.3) is 10.8 Å². The third-order valence-corrected chi connectivity index (χ3v) is 4.23. The van der Waals surface area contributed by atoms with Crippen LogP contribution in [-0.4, -0.2) is 0 Å². The van der Waals surface area contributed by atoms with E-state index in [9.17, 15) is 0 Å². The van der Waals surface area contributed by atoms with E-state index in [0.29, 0.717) is 0 Å². The molecule has 2 aromatic rings. The summed E-state index contributed by atoms with van der Waals surface area (Å²) in [4.78, 5) is 0. The Bertz CT molecular complexity index is 556. The molecule has 2 heteroatoms. The molecule has 0 heterocycles. The molecule has 88 valence electrons. The fourth-order valence-corrected chi connectivity index (χ4v) is 3.08. The summed E-state index contributed by atoms with van der Waals surface area (Å²) in [6.07, 6.45) is 4.64. The third-order valence-electron chi connectivity index (χ3n) is 3.90. The van der Waals surface area contributed by atoms with Crippen molar-refractivity contribution in [2.24, 2.45) is 5.73 Å². The van der Waals surface area contributed by atoms with Gasteiger partial charge in [-0.05, 0) is 35.9 Å². The molecule has 0 amide bonds. The van der Waals surface area contributed by atoms with Crippen LogP contribution < -0.4 is 5.73 Å². The number of benzene rings is 2. The van der Waals surface area contributed by atoms with Crippen LogP contribution in [0.15, 0.2) is 36.4 Å². The summed E-state index contributed by atoms with van der Waals surface area (Å²) in [6.45, 7) is 0. The zero-order valence-electron chi connectivity index (χ0n) is 9.75. The first kappa shape index (κ1) is 11.1. The largest absolute Gasteiger partial charge is 0.321 e. The second-order valence-electron chi connectivity index (χ2n) is 5.04. The van der Waals surface area contributed by atoms with Gasteiger partial charge in [0.1, 0.15) is 0 Å². The van der Waals surface area contributed by atoms with Crippen molar-refractivity contribution in [3.63, 3.8) is 0 Å². The average molecular weight is 246 g/mol. The van der Waals surface area contributed by atoms with Gasteiger partial charge in [0.15, 0.2) is 0 Å². The van der Waals surface area contributed by atoms with Gasteiger partial charge >= 0.3 is 0 Å². The van der Waals surface area contributed by atoms with Crippen LogP contribution in [0.2, 0.25) is 5.02 Å². The average Bonchev–Trinajstić information content (AvgIpc) is 2.78. The van der Waals surface area contributed by atoms with Crippen LogP contribution in [0.1, 0.15) is 31.2 Å². The standard InChI is InChI=1S/C15H16ClN/c16-14-5-3-4-11-6-7-12(10-13(11)14)15(17)8-1-2-9-15/h3-7,10H,1-2,8-9,17H2. The van der Waals surface area contributed by atoms with Crippen LogP contribution >= 0.6 is 11.6 Å². The molecule has 2 N–H and O–H groups in total. The summed E-state index contributed by atoms with van der Waals surface area (Å²) in [5.74, 6) is 0. The zero-order valence-corrected chi connectivity index (χ0v) is 10.5. The summed E-state index contributed by atoms with van der Waals surface area (Å²) in [6, 6.07) is 12.5. The molecule has 1 aliphatic carbocycles. The minimum Gasteiger partial charge on any atom is -0.321 e. The molecule has 0 spiro atoms. The first-order valence-corrected chi connectivity index (χ1v) is 6.54.